The number of anilines is 1. The fourth-order valence-electron chi connectivity index (χ4n) is 0.964. The predicted molar refractivity (Wildman–Crippen MR) is 57.1 cm³/mol. The molecular weight excluding hydrogens is 264 g/mol. The van der Waals surface area contributed by atoms with Crippen LogP contribution in [0.1, 0.15) is 0 Å². The van der Waals surface area contributed by atoms with E-state index in [0.29, 0.717) is 3.94 Å². The van der Waals surface area contributed by atoms with E-state index in [0.717, 1.165) is 0 Å². The molecule has 6 nitrogen and oxygen atoms in total. The number of hydrogen-bond donors (Lipinski definition) is 1. The summed E-state index contributed by atoms with van der Waals surface area (Å²) < 4.78 is 0.622. The average molecular weight is 266 g/mol. The third-order valence-corrected chi connectivity index (χ3v) is 2.04. The summed E-state index contributed by atoms with van der Waals surface area (Å²) >= 11 is 16.4. The van der Waals surface area contributed by atoms with Gasteiger partial charge in [0.05, 0.1) is 6.20 Å². The fraction of sp³-hybridized carbons (Fsp3) is 0. The van der Waals surface area contributed by atoms with Crippen molar-refractivity contribution in [1.82, 2.24) is 19.9 Å². The number of aromatic amines is 1. The Balaban J connectivity index is 2.79. The second kappa shape index (κ2) is 3.80. The van der Waals surface area contributed by atoms with Gasteiger partial charge in [-0.15, -0.1) is 0 Å². The first kappa shape index (κ1) is 10.4. The van der Waals surface area contributed by atoms with E-state index in [4.69, 9.17) is 35.2 Å². The van der Waals surface area contributed by atoms with Gasteiger partial charge in [-0.05, 0) is 0 Å². The van der Waals surface area contributed by atoms with Crippen molar-refractivity contribution >= 4 is 52.3 Å². The van der Waals surface area contributed by atoms with Gasteiger partial charge in [-0.1, -0.05) is 11.6 Å². The maximum absolute atomic E-state index is 11.5. The molecule has 0 aliphatic carbocycles. The lowest BCUT2D eigenvalue weighted by atomic mass is 10.5. The molecule has 2 aromatic rings. The number of nitrogens with one attached hydrogen (secondary N) is 1. The maximum Gasteiger partial charge on any atom is 0.280 e. The van der Waals surface area contributed by atoms with Crippen molar-refractivity contribution in [2.75, 3.05) is 3.94 Å². The van der Waals surface area contributed by atoms with Crippen LogP contribution in [0.4, 0.5) is 5.95 Å². The first-order valence-electron chi connectivity index (χ1n) is 3.62. The maximum atomic E-state index is 11.5. The van der Waals surface area contributed by atoms with Crippen LogP contribution in [-0.2, 0) is 0 Å². The molecular formula is C6H2Cl3N5O. The Morgan fingerprint density at radius 2 is 2.07 bits per heavy atom. The van der Waals surface area contributed by atoms with Crippen molar-refractivity contribution < 1.29 is 0 Å². The Kier molecular flexibility index (Phi) is 2.64. The zero-order chi connectivity index (χ0) is 11.0. The Hall–Kier alpha value is -1.11. The molecule has 0 unspecified atom stereocenters. The molecule has 0 saturated heterocycles. The molecule has 2 heterocycles. The molecule has 78 valence electrons. The van der Waals surface area contributed by atoms with Gasteiger partial charge in [0, 0.05) is 23.6 Å². The second-order valence-electron chi connectivity index (χ2n) is 2.49. The highest BCUT2D eigenvalue weighted by molar-refractivity contribution is 6.48. The van der Waals surface area contributed by atoms with Gasteiger partial charge in [-0.2, -0.15) is 8.92 Å². The summed E-state index contributed by atoms with van der Waals surface area (Å²) in [5.74, 6) is -0.0348. The lowest BCUT2D eigenvalue weighted by Crippen LogP contribution is -2.14. The van der Waals surface area contributed by atoms with Crippen LogP contribution in [-0.4, -0.2) is 19.9 Å². The van der Waals surface area contributed by atoms with E-state index in [-0.39, 0.29) is 22.3 Å². The SMILES string of the molecule is O=c1[nH]c(N(Cl)Cl)nc2ncc(Cl)nc12. The van der Waals surface area contributed by atoms with Crippen LogP contribution < -0.4 is 9.50 Å². The van der Waals surface area contributed by atoms with Crippen molar-refractivity contribution in [2.45, 2.75) is 0 Å². The molecule has 0 amide bonds. The van der Waals surface area contributed by atoms with Crippen molar-refractivity contribution in [3.8, 4) is 0 Å². The topological polar surface area (TPSA) is 74.8 Å². The highest BCUT2D eigenvalue weighted by Crippen LogP contribution is 2.13. The highest BCUT2D eigenvalue weighted by Gasteiger charge is 2.09. The molecule has 15 heavy (non-hydrogen) atoms. The van der Waals surface area contributed by atoms with Crippen LogP contribution in [0, 0.1) is 0 Å². The molecule has 0 bridgehead atoms. The van der Waals surface area contributed by atoms with E-state index in [2.05, 4.69) is 19.9 Å². The molecule has 0 atom stereocenters. The average Bonchev–Trinajstić information content (AvgIpc) is 2.18. The predicted octanol–water partition coefficient (Wildman–Crippen LogP) is 1.48. The molecule has 9 heteroatoms. The van der Waals surface area contributed by atoms with E-state index in [9.17, 15) is 4.79 Å². The standard InChI is InChI=1S/C6H2Cl3N5O/c7-2-1-10-4-3(11-2)5(15)13-6(12-4)14(8)9/h1H,(H,10,12,13,15). The Morgan fingerprint density at radius 3 is 2.73 bits per heavy atom. The van der Waals surface area contributed by atoms with Gasteiger partial charge < -0.3 is 0 Å². The minimum absolute atomic E-state index is 0.0291. The number of H-pyrrole nitrogens is 1. The Bertz CT molecular complexity index is 568. The normalized spacial score (nSPS) is 10.6. The number of halogens is 3. The van der Waals surface area contributed by atoms with E-state index in [1.54, 1.807) is 0 Å². The van der Waals surface area contributed by atoms with E-state index in [1.165, 1.54) is 6.20 Å². The molecule has 0 fully saturated rings. The molecule has 0 aliphatic rings. The van der Waals surface area contributed by atoms with Gasteiger partial charge in [0.15, 0.2) is 11.2 Å². The first-order chi connectivity index (χ1) is 7.08. The van der Waals surface area contributed by atoms with Crippen LogP contribution >= 0.6 is 35.2 Å². The van der Waals surface area contributed by atoms with Crippen LogP contribution in [0.3, 0.4) is 0 Å². The number of aromatic nitrogens is 4. The monoisotopic (exact) mass is 265 g/mol. The van der Waals surface area contributed by atoms with Gasteiger partial charge in [0.25, 0.3) is 5.56 Å². The van der Waals surface area contributed by atoms with Gasteiger partial charge in [0.2, 0.25) is 5.95 Å². The van der Waals surface area contributed by atoms with Crippen molar-refractivity contribution in [3.63, 3.8) is 0 Å². The summed E-state index contributed by atoms with van der Waals surface area (Å²) in [6.07, 6.45) is 1.27. The molecule has 0 aromatic carbocycles. The summed E-state index contributed by atoms with van der Waals surface area (Å²) in [4.78, 5) is 25.2. The molecule has 1 N–H and O–H groups in total. The van der Waals surface area contributed by atoms with Crippen LogP contribution in [0.15, 0.2) is 11.0 Å². The van der Waals surface area contributed by atoms with Gasteiger partial charge >= 0.3 is 0 Å². The molecule has 2 rings (SSSR count). The van der Waals surface area contributed by atoms with Gasteiger partial charge in [0.1, 0.15) is 5.15 Å². The largest absolute Gasteiger partial charge is 0.289 e. The lowest BCUT2D eigenvalue weighted by Gasteiger charge is -2.03. The van der Waals surface area contributed by atoms with E-state index >= 15 is 0 Å². The van der Waals surface area contributed by atoms with Gasteiger partial charge in [-0.25, -0.2) is 9.97 Å². The first-order valence-corrected chi connectivity index (χ1v) is 4.67. The lowest BCUT2D eigenvalue weighted by molar-refractivity contribution is 1.10. The van der Waals surface area contributed by atoms with Crippen molar-refractivity contribution in [2.24, 2.45) is 0 Å². The Morgan fingerprint density at radius 1 is 1.33 bits per heavy atom. The summed E-state index contributed by atoms with van der Waals surface area (Å²) in [6, 6.07) is 0. The van der Waals surface area contributed by atoms with E-state index < -0.39 is 5.56 Å². The van der Waals surface area contributed by atoms with Crippen molar-refractivity contribution in [1.29, 1.82) is 0 Å². The molecule has 2 aromatic heterocycles. The minimum Gasteiger partial charge on any atom is -0.289 e. The number of hydrogen-bond acceptors (Lipinski definition) is 5. The summed E-state index contributed by atoms with van der Waals surface area (Å²) in [5, 5.41) is 0.108. The zero-order valence-corrected chi connectivity index (χ0v) is 9.18. The van der Waals surface area contributed by atoms with Crippen LogP contribution in [0.25, 0.3) is 11.2 Å². The summed E-state index contributed by atoms with van der Waals surface area (Å²) in [7, 11) is 0. The molecule has 0 aliphatic heterocycles. The smallest absolute Gasteiger partial charge is 0.280 e. The third kappa shape index (κ3) is 1.97. The molecule has 0 spiro atoms. The van der Waals surface area contributed by atoms with E-state index in [1.807, 2.05) is 0 Å². The minimum atomic E-state index is -0.517. The van der Waals surface area contributed by atoms with Crippen LogP contribution in [0.2, 0.25) is 5.15 Å². The second-order valence-corrected chi connectivity index (χ2v) is 3.72. The summed E-state index contributed by atoms with van der Waals surface area (Å²) in [6.45, 7) is 0. The Labute approximate surface area is 98.0 Å². The number of nitrogens with zero attached hydrogens (tertiary/aromatic N) is 4. The molecule has 0 saturated carbocycles. The molecule has 0 radical (unpaired) electrons. The fourth-order valence-corrected chi connectivity index (χ4v) is 1.26. The number of fused-ring (bicyclic) bond motifs is 1. The van der Waals surface area contributed by atoms with Crippen molar-refractivity contribution in [3.05, 3.63) is 21.7 Å². The summed E-state index contributed by atoms with van der Waals surface area (Å²) in [5.41, 5.74) is -0.373. The number of rotatable bonds is 1. The quantitative estimate of drug-likeness (QED) is 0.791. The van der Waals surface area contributed by atoms with Crippen LogP contribution in [0.5, 0.6) is 0 Å². The third-order valence-electron chi connectivity index (χ3n) is 1.54. The van der Waals surface area contributed by atoms with Gasteiger partial charge in [-0.3, -0.25) is 9.78 Å². The highest BCUT2D eigenvalue weighted by atomic mass is 35.5. The zero-order valence-electron chi connectivity index (χ0n) is 6.91.